The van der Waals surface area contributed by atoms with Crippen molar-refractivity contribution in [1.29, 1.82) is 0 Å². The molecule has 0 amide bonds. The van der Waals surface area contributed by atoms with Gasteiger partial charge >= 0.3 is 0 Å². The predicted molar refractivity (Wildman–Crippen MR) is 68.9 cm³/mol. The van der Waals surface area contributed by atoms with Crippen LogP contribution in [-0.2, 0) is 19.4 Å². The van der Waals surface area contributed by atoms with Crippen molar-refractivity contribution in [2.75, 3.05) is 0 Å². The molecule has 1 N–H and O–H groups in total. The molecule has 0 saturated heterocycles. The minimum atomic E-state index is -0.215. The Labute approximate surface area is 104 Å². The second-order valence-electron chi connectivity index (χ2n) is 5.13. The second-order valence-corrected chi connectivity index (χ2v) is 5.13. The summed E-state index contributed by atoms with van der Waals surface area (Å²) in [5, 5.41) is 14.8. The lowest BCUT2D eigenvalue weighted by molar-refractivity contribution is 0.0884. The van der Waals surface area contributed by atoms with Gasteiger partial charge in [0.15, 0.2) is 0 Å². The smallest absolute Gasteiger partial charge is 0.0764 e. The molecule has 1 atom stereocenters. The van der Waals surface area contributed by atoms with Crippen molar-refractivity contribution in [2.24, 2.45) is 5.92 Å². The van der Waals surface area contributed by atoms with E-state index in [-0.39, 0.29) is 6.10 Å². The van der Waals surface area contributed by atoms with Crippen molar-refractivity contribution in [2.45, 2.75) is 65.0 Å². The summed E-state index contributed by atoms with van der Waals surface area (Å²) in [6.45, 7) is 4.95. The Bertz CT molecular complexity index is 353. The number of rotatable bonds is 5. The summed E-state index contributed by atoms with van der Waals surface area (Å²) in [6.07, 6.45) is 6.68. The maximum Gasteiger partial charge on any atom is 0.0764 e. The fourth-order valence-electron chi connectivity index (χ4n) is 2.80. The van der Waals surface area contributed by atoms with E-state index in [1.807, 2.05) is 4.68 Å². The van der Waals surface area contributed by atoms with Gasteiger partial charge in [-0.3, -0.25) is 4.68 Å². The number of aliphatic hydroxyl groups is 1. The van der Waals surface area contributed by atoms with E-state index in [1.165, 1.54) is 31.4 Å². The van der Waals surface area contributed by atoms with Crippen LogP contribution in [-0.4, -0.2) is 21.0 Å². The molecule has 3 nitrogen and oxygen atoms in total. The first-order valence-corrected chi connectivity index (χ1v) is 6.98. The third kappa shape index (κ3) is 2.89. The molecule has 3 heteroatoms. The lowest BCUT2D eigenvalue weighted by Crippen LogP contribution is -2.25. The number of hydrogen-bond acceptors (Lipinski definition) is 2. The Morgan fingerprint density at radius 2 is 2.06 bits per heavy atom. The summed E-state index contributed by atoms with van der Waals surface area (Å²) in [5.41, 5.74) is 2.39. The van der Waals surface area contributed by atoms with Crippen molar-refractivity contribution in [3.8, 4) is 0 Å². The maximum absolute atomic E-state index is 10.2. The first-order chi connectivity index (χ1) is 8.24. The SMILES string of the molecule is CCc1cc(CC)n(CC(O)C2CCCC2)n1. The molecule has 0 aromatic carbocycles. The zero-order valence-electron chi connectivity index (χ0n) is 11.0. The summed E-state index contributed by atoms with van der Waals surface area (Å²) in [4.78, 5) is 0. The van der Waals surface area contributed by atoms with Crippen LogP contribution >= 0.6 is 0 Å². The molecule has 0 bridgehead atoms. The van der Waals surface area contributed by atoms with Gasteiger partial charge in [-0.2, -0.15) is 5.10 Å². The van der Waals surface area contributed by atoms with Crippen LogP contribution in [0.4, 0.5) is 0 Å². The van der Waals surface area contributed by atoms with Crippen LogP contribution in [0.15, 0.2) is 6.07 Å². The highest BCUT2D eigenvalue weighted by Gasteiger charge is 2.24. The molecule has 1 heterocycles. The van der Waals surface area contributed by atoms with E-state index in [0.29, 0.717) is 12.5 Å². The fourth-order valence-corrected chi connectivity index (χ4v) is 2.80. The van der Waals surface area contributed by atoms with Crippen LogP contribution in [0.5, 0.6) is 0 Å². The van der Waals surface area contributed by atoms with Crippen molar-refractivity contribution < 1.29 is 5.11 Å². The molecule has 1 aliphatic carbocycles. The average Bonchev–Trinajstić information content (AvgIpc) is 2.97. The van der Waals surface area contributed by atoms with Crippen LogP contribution in [0.2, 0.25) is 0 Å². The standard InChI is InChI=1S/C14H24N2O/c1-3-12-9-13(4-2)16(15-12)10-14(17)11-7-5-6-8-11/h9,11,14,17H,3-8,10H2,1-2H3. The van der Waals surface area contributed by atoms with Crippen LogP contribution < -0.4 is 0 Å². The van der Waals surface area contributed by atoms with E-state index in [4.69, 9.17) is 0 Å². The van der Waals surface area contributed by atoms with Gasteiger partial charge in [0.2, 0.25) is 0 Å². The first kappa shape index (κ1) is 12.6. The molecule has 0 spiro atoms. The van der Waals surface area contributed by atoms with Crippen LogP contribution in [0, 0.1) is 5.92 Å². The zero-order valence-corrected chi connectivity index (χ0v) is 11.0. The van der Waals surface area contributed by atoms with Gasteiger partial charge in [0.25, 0.3) is 0 Å². The molecule has 17 heavy (non-hydrogen) atoms. The quantitative estimate of drug-likeness (QED) is 0.853. The Morgan fingerprint density at radius 1 is 1.35 bits per heavy atom. The van der Waals surface area contributed by atoms with E-state index in [2.05, 4.69) is 25.0 Å². The third-order valence-electron chi connectivity index (χ3n) is 3.94. The highest BCUT2D eigenvalue weighted by molar-refractivity contribution is 5.10. The Kier molecular flexibility index (Phi) is 4.21. The summed E-state index contributed by atoms with van der Waals surface area (Å²) < 4.78 is 2.02. The molecule has 2 rings (SSSR count). The highest BCUT2D eigenvalue weighted by atomic mass is 16.3. The van der Waals surface area contributed by atoms with Gasteiger partial charge < -0.3 is 5.11 Å². The van der Waals surface area contributed by atoms with Gasteiger partial charge in [0.1, 0.15) is 0 Å². The van der Waals surface area contributed by atoms with E-state index in [1.54, 1.807) is 0 Å². The summed E-state index contributed by atoms with van der Waals surface area (Å²) in [5.74, 6) is 0.494. The molecule has 1 saturated carbocycles. The lowest BCUT2D eigenvalue weighted by Gasteiger charge is -2.18. The van der Waals surface area contributed by atoms with E-state index in [9.17, 15) is 5.11 Å². The minimum absolute atomic E-state index is 0.215. The molecular formula is C14H24N2O. The van der Waals surface area contributed by atoms with Crippen molar-refractivity contribution >= 4 is 0 Å². The molecule has 96 valence electrons. The Morgan fingerprint density at radius 3 is 2.65 bits per heavy atom. The lowest BCUT2D eigenvalue weighted by atomic mass is 10.0. The van der Waals surface area contributed by atoms with E-state index >= 15 is 0 Å². The highest BCUT2D eigenvalue weighted by Crippen LogP contribution is 2.28. The zero-order chi connectivity index (χ0) is 12.3. The van der Waals surface area contributed by atoms with Crippen molar-refractivity contribution in [3.05, 3.63) is 17.5 Å². The largest absolute Gasteiger partial charge is 0.391 e. The van der Waals surface area contributed by atoms with Crippen LogP contribution in [0.1, 0.15) is 50.9 Å². The molecule has 1 aromatic rings. The molecule has 0 radical (unpaired) electrons. The molecule has 1 aliphatic rings. The van der Waals surface area contributed by atoms with Crippen LogP contribution in [0.3, 0.4) is 0 Å². The molecule has 1 unspecified atom stereocenters. The van der Waals surface area contributed by atoms with Gasteiger partial charge in [0.05, 0.1) is 18.3 Å². The molecule has 0 aliphatic heterocycles. The Hall–Kier alpha value is -0.830. The van der Waals surface area contributed by atoms with Gasteiger partial charge in [-0.25, -0.2) is 0 Å². The Balaban J connectivity index is 2.03. The van der Waals surface area contributed by atoms with Gasteiger partial charge in [-0.1, -0.05) is 26.7 Å². The number of nitrogens with zero attached hydrogens (tertiary/aromatic N) is 2. The van der Waals surface area contributed by atoms with Gasteiger partial charge in [-0.15, -0.1) is 0 Å². The molecular weight excluding hydrogens is 212 g/mol. The van der Waals surface area contributed by atoms with Crippen LogP contribution in [0.25, 0.3) is 0 Å². The van der Waals surface area contributed by atoms with Crippen molar-refractivity contribution in [3.63, 3.8) is 0 Å². The number of hydrogen-bond donors (Lipinski definition) is 1. The van der Waals surface area contributed by atoms with Gasteiger partial charge in [-0.05, 0) is 37.7 Å². The van der Waals surface area contributed by atoms with Gasteiger partial charge in [0, 0.05) is 5.69 Å². The average molecular weight is 236 g/mol. The van der Waals surface area contributed by atoms with Crippen molar-refractivity contribution in [1.82, 2.24) is 9.78 Å². The first-order valence-electron chi connectivity index (χ1n) is 6.98. The topological polar surface area (TPSA) is 38.0 Å². The summed E-state index contributed by atoms with van der Waals surface area (Å²) in [7, 11) is 0. The second kappa shape index (κ2) is 5.67. The normalized spacial score (nSPS) is 18.8. The predicted octanol–water partition coefficient (Wildman–Crippen LogP) is 2.56. The number of aryl methyl sites for hydroxylation is 2. The monoisotopic (exact) mass is 236 g/mol. The maximum atomic E-state index is 10.2. The summed E-state index contributed by atoms with van der Waals surface area (Å²) >= 11 is 0. The van der Waals surface area contributed by atoms with E-state index < -0.39 is 0 Å². The molecule has 1 aromatic heterocycles. The fraction of sp³-hybridized carbons (Fsp3) is 0.786. The minimum Gasteiger partial charge on any atom is -0.391 e. The number of aliphatic hydroxyl groups excluding tert-OH is 1. The van der Waals surface area contributed by atoms with E-state index in [0.717, 1.165) is 18.5 Å². The molecule has 1 fully saturated rings. The third-order valence-corrected chi connectivity index (χ3v) is 3.94. The summed E-state index contributed by atoms with van der Waals surface area (Å²) in [6, 6.07) is 2.17. The number of aromatic nitrogens is 2.